The predicted octanol–water partition coefficient (Wildman–Crippen LogP) is 4.17. The van der Waals surface area contributed by atoms with E-state index in [0.29, 0.717) is 11.3 Å². The largest absolute Gasteiger partial charge is 0.321 e. The molecule has 1 heterocycles. The zero-order valence-electron chi connectivity index (χ0n) is 9.82. The molecule has 1 aromatic carbocycles. The van der Waals surface area contributed by atoms with Gasteiger partial charge in [0.05, 0.1) is 32.9 Å². The van der Waals surface area contributed by atoms with Gasteiger partial charge < -0.3 is 5.32 Å². The number of anilines is 1. The van der Waals surface area contributed by atoms with Crippen molar-refractivity contribution in [3.63, 3.8) is 0 Å². The molecule has 0 aliphatic carbocycles. The molecule has 1 N–H and O–H groups in total. The summed E-state index contributed by atoms with van der Waals surface area (Å²) in [5.41, 5.74) is 0.963. The molecule has 100 valence electrons. The van der Waals surface area contributed by atoms with Crippen molar-refractivity contribution in [2.45, 2.75) is 0 Å². The third kappa shape index (κ3) is 3.20. The summed E-state index contributed by atoms with van der Waals surface area (Å²) < 4.78 is 0. The second kappa shape index (κ2) is 6.10. The Labute approximate surface area is 129 Å². The van der Waals surface area contributed by atoms with Gasteiger partial charge in [0.2, 0.25) is 0 Å². The highest BCUT2D eigenvalue weighted by atomic mass is 35.5. The first-order valence-corrected chi connectivity index (χ1v) is 6.46. The number of nitrogens with zero attached hydrogens (tertiary/aromatic N) is 2. The van der Waals surface area contributed by atoms with Crippen LogP contribution in [0.15, 0.2) is 30.5 Å². The number of nitrogens with one attached hydrogen (secondary N) is 1. The second-order valence-corrected chi connectivity index (χ2v) is 4.95. The van der Waals surface area contributed by atoms with Crippen LogP contribution in [0.1, 0.15) is 15.9 Å². The van der Waals surface area contributed by atoms with Crippen LogP contribution < -0.4 is 5.32 Å². The van der Waals surface area contributed by atoms with E-state index in [1.165, 1.54) is 24.4 Å². The fraction of sp³-hybridized carbons (Fsp3) is 0. The van der Waals surface area contributed by atoms with Crippen LogP contribution in [0.5, 0.6) is 0 Å². The molecule has 0 saturated carbocycles. The summed E-state index contributed by atoms with van der Waals surface area (Å²) in [5, 5.41) is 11.9. The molecule has 0 unspecified atom stereocenters. The van der Waals surface area contributed by atoms with Gasteiger partial charge in [-0.05, 0) is 24.3 Å². The third-order valence-corrected chi connectivity index (χ3v) is 3.23. The van der Waals surface area contributed by atoms with Crippen molar-refractivity contribution >= 4 is 46.4 Å². The zero-order chi connectivity index (χ0) is 14.7. The summed E-state index contributed by atoms with van der Waals surface area (Å²) >= 11 is 17.6. The van der Waals surface area contributed by atoms with Crippen molar-refractivity contribution in [2.75, 3.05) is 5.32 Å². The number of halogens is 3. The number of hydrogen-bond acceptors (Lipinski definition) is 3. The van der Waals surface area contributed by atoms with E-state index in [1.54, 1.807) is 6.07 Å². The lowest BCUT2D eigenvalue weighted by atomic mass is 10.2. The van der Waals surface area contributed by atoms with E-state index in [4.69, 9.17) is 40.1 Å². The van der Waals surface area contributed by atoms with Crippen molar-refractivity contribution in [3.8, 4) is 6.07 Å². The number of aromatic nitrogens is 1. The van der Waals surface area contributed by atoms with Crippen LogP contribution in [0, 0.1) is 11.3 Å². The van der Waals surface area contributed by atoms with E-state index >= 15 is 0 Å². The van der Waals surface area contributed by atoms with Crippen LogP contribution in [0.3, 0.4) is 0 Å². The number of nitriles is 1. The predicted molar refractivity (Wildman–Crippen MR) is 78.4 cm³/mol. The summed E-state index contributed by atoms with van der Waals surface area (Å²) in [6.07, 6.45) is 1.29. The number of amides is 1. The molecular formula is C13H6Cl3N3O. The van der Waals surface area contributed by atoms with E-state index in [-0.39, 0.29) is 20.8 Å². The molecule has 20 heavy (non-hydrogen) atoms. The highest BCUT2D eigenvalue weighted by molar-refractivity contribution is 6.36. The topological polar surface area (TPSA) is 65.8 Å². The van der Waals surface area contributed by atoms with Crippen molar-refractivity contribution in [2.24, 2.45) is 0 Å². The number of pyridine rings is 1. The van der Waals surface area contributed by atoms with Gasteiger partial charge in [0, 0.05) is 6.20 Å². The average molecular weight is 327 g/mol. The lowest BCUT2D eigenvalue weighted by Gasteiger charge is -2.08. The highest BCUT2D eigenvalue weighted by Gasteiger charge is 2.13. The van der Waals surface area contributed by atoms with Gasteiger partial charge in [-0.25, -0.2) is 4.98 Å². The molecule has 4 nitrogen and oxygen atoms in total. The molecule has 0 bridgehead atoms. The SMILES string of the molecule is N#Cc1ccc(NC(=O)c2cc(Cl)ncc2Cl)c(Cl)c1. The van der Waals surface area contributed by atoms with E-state index in [2.05, 4.69) is 10.3 Å². The smallest absolute Gasteiger partial charge is 0.257 e. The minimum atomic E-state index is -0.467. The molecule has 0 aliphatic rings. The quantitative estimate of drug-likeness (QED) is 0.842. The average Bonchev–Trinajstić information content (AvgIpc) is 2.43. The molecule has 0 spiro atoms. The Bertz CT molecular complexity index is 725. The summed E-state index contributed by atoms with van der Waals surface area (Å²) in [5.74, 6) is -0.467. The Morgan fingerprint density at radius 3 is 2.60 bits per heavy atom. The molecule has 1 aromatic heterocycles. The van der Waals surface area contributed by atoms with Gasteiger partial charge in [-0.1, -0.05) is 34.8 Å². The molecule has 0 saturated heterocycles. The first-order valence-electron chi connectivity index (χ1n) is 5.33. The molecule has 0 atom stereocenters. The summed E-state index contributed by atoms with van der Waals surface area (Å²) in [6, 6.07) is 7.85. The van der Waals surface area contributed by atoms with Crippen molar-refractivity contribution in [1.29, 1.82) is 5.26 Å². The number of carbonyl (C=O) groups excluding carboxylic acids is 1. The molecule has 2 aromatic rings. The van der Waals surface area contributed by atoms with Crippen molar-refractivity contribution in [3.05, 3.63) is 56.8 Å². The number of rotatable bonds is 2. The fourth-order valence-corrected chi connectivity index (χ4v) is 2.04. The maximum Gasteiger partial charge on any atom is 0.257 e. The molecule has 1 amide bonds. The fourth-order valence-electron chi connectivity index (χ4n) is 1.46. The first kappa shape index (κ1) is 14.6. The Balaban J connectivity index is 2.28. The summed E-state index contributed by atoms with van der Waals surface area (Å²) in [6.45, 7) is 0. The van der Waals surface area contributed by atoms with Gasteiger partial charge in [-0.15, -0.1) is 0 Å². The Kier molecular flexibility index (Phi) is 4.46. The minimum absolute atomic E-state index is 0.158. The number of hydrogen-bond donors (Lipinski definition) is 1. The standard InChI is InChI=1S/C13H6Cl3N3O/c14-9-3-7(5-17)1-2-11(9)19-13(20)8-4-12(16)18-6-10(8)15/h1-4,6H,(H,19,20). The molecular weight excluding hydrogens is 321 g/mol. The third-order valence-electron chi connectivity index (χ3n) is 2.41. The molecule has 0 fully saturated rings. The molecule has 0 aliphatic heterocycles. The van der Waals surface area contributed by atoms with Crippen molar-refractivity contribution in [1.82, 2.24) is 4.98 Å². The van der Waals surface area contributed by atoms with Crippen LogP contribution in [0.4, 0.5) is 5.69 Å². The monoisotopic (exact) mass is 325 g/mol. The maximum absolute atomic E-state index is 12.1. The highest BCUT2D eigenvalue weighted by Crippen LogP contribution is 2.25. The van der Waals surface area contributed by atoms with Gasteiger partial charge in [0.15, 0.2) is 0 Å². The van der Waals surface area contributed by atoms with E-state index in [0.717, 1.165) is 0 Å². The lowest BCUT2D eigenvalue weighted by molar-refractivity contribution is 0.102. The van der Waals surface area contributed by atoms with Gasteiger partial charge in [0.25, 0.3) is 5.91 Å². The van der Waals surface area contributed by atoms with Gasteiger partial charge in [-0.3, -0.25) is 4.79 Å². The van der Waals surface area contributed by atoms with Crippen LogP contribution in [-0.4, -0.2) is 10.9 Å². The Morgan fingerprint density at radius 1 is 1.20 bits per heavy atom. The van der Waals surface area contributed by atoms with E-state index in [1.807, 2.05) is 6.07 Å². The Hall–Kier alpha value is -1.80. The van der Waals surface area contributed by atoms with Gasteiger partial charge in [0.1, 0.15) is 5.15 Å². The zero-order valence-corrected chi connectivity index (χ0v) is 12.1. The van der Waals surface area contributed by atoms with Crippen LogP contribution in [0.25, 0.3) is 0 Å². The van der Waals surface area contributed by atoms with Crippen LogP contribution in [-0.2, 0) is 0 Å². The van der Waals surface area contributed by atoms with E-state index in [9.17, 15) is 4.79 Å². The molecule has 2 rings (SSSR count). The van der Waals surface area contributed by atoms with Crippen molar-refractivity contribution < 1.29 is 4.79 Å². The Morgan fingerprint density at radius 2 is 1.95 bits per heavy atom. The van der Waals surface area contributed by atoms with E-state index < -0.39 is 5.91 Å². The lowest BCUT2D eigenvalue weighted by Crippen LogP contribution is -2.13. The van der Waals surface area contributed by atoms with Gasteiger partial charge in [-0.2, -0.15) is 5.26 Å². The number of carbonyl (C=O) groups is 1. The number of benzene rings is 1. The minimum Gasteiger partial charge on any atom is -0.321 e. The molecule has 7 heteroatoms. The second-order valence-electron chi connectivity index (χ2n) is 3.75. The van der Waals surface area contributed by atoms with Gasteiger partial charge >= 0.3 is 0 Å². The first-order chi connectivity index (χ1) is 9.51. The summed E-state index contributed by atoms with van der Waals surface area (Å²) in [4.78, 5) is 15.8. The van der Waals surface area contributed by atoms with Crippen LogP contribution >= 0.6 is 34.8 Å². The summed E-state index contributed by atoms with van der Waals surface area (Å²) in [7, 11) is 0. The maximum atomic E-state index is 12.1. The van der Waals surface area contributed by atoms with Crippen LogP contribution in [0.2, 0.25) is 15.2 Å². The molecule has 0 radical (unpaired) electrons. The normalized spacial score (nSPS) is 9.90.